The van der Waals surface area contributed by atoms with E-state index in [1.165, 1.54) is 16.8 Å². The van der Waals surface area contributed by atoms with Crippen molar-refractivity contribution in [3.63, 3.8) is 0 Å². The van der Waals surface area contributed by atoms with E-state index in [-0.39, 0.29) is 18.5 Å². The lowest BCUT2D eigenvalue weighted by atomic mass is 10.1. The van der Waals surface area contributed by atoms with Crippen LogP contribution >= 0.6 is 0 Å². The third-order valence-corrected chi connectivity index (χ3v) is 3.30. The number of primary amides is 1. The van der Waals surface area contributed by atoms with E-state index in [4.69, 9.17) is 10.8 Å². The Morgan fingerprint density at radius 3 is 2.50 bits per heavy atom. The summed E-state index contributed by atoms with van der Waals surface area (Å²) in [5.74, 6) is -1.77. The Morgan fingerprint density at radius 1 is 1.50 bits per heavy atom. The molecule has 0 aromatic carbocycles. The van der Waals surface area contributed by atoms with Gasteiger partial charge < -0.3 is 20.6 Å². The molecular formula is C11H19N3O4. The van der Waals surface area contributed by atoms with Gasteiger partial charge in [0.15, 0.2) is 0 Å². The molecule has 1 fully saturated rings. The fourth-order valence-electron chi connectivity index (χ4n) is 2.14. The average molecular weight is 257 g/mol. The van der Waals surface area contributed by atoms with Crippen molar-refractivity contribution in [3.8, 4) is 0 Å². The van der Waals surface area contributed by atoms with Gasteiger partial charge in [0.1, 0.15) is 6.04 Å². The monoisotopic (exact) mass is 257 g/mol. The summed E-state index contributed by atoms with van der Waals surface area (Å²) in [5.41, 5.74) is 5.19. The minimum Gasteiger partial charge on any atom is -0.480 e. The number of nitrogens with two attached hydrogens (primary N) is 1. The highest BCUT2D eigenvalue weighted by Crippen LogP contribution is 2.18. The topological polar surface area (TPSA) is 104 Å². The number of hydrogen-bond donors (Lipinski definition) is 2. The van der Waals surface area contributed by atoms with E-state index in [9.17, 15) is 14.4 Å². The van der Waals surface area contributed by atoms with Crippen molar-refractivity contribution in [1.82, 2.24) is 9.80 Å². The normalized spacial score (nSPS) is 20.6. The molecule has 1 saturated heterocycles. The van der Waals surface area contributed by atoms with Crippen LogP contribution in [0.4, 0.5) is 4.79 Å². The molecule has 0 radical (unpaired) electrons. The summed E-state index contributed by atoms with van der Waals surface area (Å²) in [7, 11) is 1.46. The molecule has 2 atom stereocenters. The first-order valence-corrected chi connectivity index (χ1v) is 5.92. The molecular weight excluding hydrogens is 238 g/mol. The first kappa shape index (κ1) is 14.3. The van der Waals surface area contributed by atoms with Gasteiger partial charge in [-0.25, -0.2) is 9.59 Å². The first-order valence-electron chi connectivity index (χ1n) is 5.92. The fraction of sp³-hybridized carbons (Fsp3) is 0.727. The summed E-state index contributed by atoms with van der Waals surface area (Å²) >= 11 is 0. The number of carboxylic acids is 1. The molecule has 0 aliphatic carbocycles. The second-order valence-corrected chi connectivity index (χ2v) is 4.49. The van der Waals surface area contributed by atoms with Crippen LogP contribution < -0.4 is 5.73 Å². The van der Waals surface area contributed by atoms with Crippen LogP contribution in [0.5, 0.6) is 0 Å². The van der Waals surface area contributed by atoms with Gasteiger partial charge in [-0.3, -0.25) is 4.79 Å². The van der Waals surface area contributed by atoms with Crippen molar-refractivity contribution in [2.45, 2.75) is 25.8 Å². The van der Waals surface area contributed by atoms with Crippen LogP contribution in [0.15, 0.2) is 0 Å². The van der Waals surface area contributed by atoms with Crippen LogP contribution in [0.25, 0.3) is 0 Å². The van der Waals surface area contributed by atoms with Crippen LogP contribution in [0, 0.1) is 5.92 Å². The minimum absolute atomic E-state index is 0.272. The van der Waals surface area contributed by atoms with E-state index in [0.29, 0.717) is 19.4 Å². The van der Waals surface area contributed by atoms with Crippen molar-refractivity contribution >= 4 is 17.9 Å². The van der Waals surface area contributed by atoms with Crippen LogP contribution in [0.3, 0.4) is 0 Å². The van der Waals surface area contributed by atoms with E-state index in [2.05, 4.69) is 0 Å². The Hall–Kier alpha value is -1.79. The standard InChI is InChI=1S/C11H19N3O4/c1-3-8(10(16)17)13(2)11(18)14-5-4-7(6-14)9(12)15/h7-8H,3-6H2,1-2H3,(H2,12,15)(H,16,17). The zero-order valence-electron chi connectivity index (χ0n) is 10.6. The number of rotatable bonds is 4. The molecule has 3 amide bonds. The molecule has 7 nitrogen and oxygen atoms in total. The molecule has 1 rings (SSSR count). The number of aliphatic carboxylic acids is 1. The molecule has 0 spiro atoms. The SMILES string of the molecule is CCC(C(=O)O)N(C)C(=O)N1CCC(C(N)=O)C1. The van der Waals surface area contributed by atoms with Gasteiger partial charge in [-0.05, 0) is 12.8 Å². The van der Waals surface area contributed by atoms with Gasteiger partial charge in [-0.15, -0.1) is 0 Å². The number of nitrogens with zero attached hydrogens (tertiary/aromatic N) is 2. The van der Waals surface area contributed by atoms with Gasteiger partial charge in [0.25, 0.3) is 0 Å². The summed E-state index contributed by atoms with van der Waals surface area (Å²) in [4.78, 5) is 36.7. The van der Waals surface area contributed by atoms with E-state index in [1.807, 2.05) is 0 Å². The van der Waals surface area contributed by atoms with Crippen molar-refractivity contribution in [1.29, 1.82) is 0 Å². The van der Waals surface area contributed by atoms with E-state index < -0.39 is 17.9 Å². The lowest BCUT2D eigenvalue weighted by molar-refractivity contribution is -0.142. The van der Waals surface area contributed by atoms with Crippen molar-refractivity contribution in [3.05, 3.63) is 0 Å². The van der Waals surface area contributed by atoms with Crippen molar-refractivity contribution in [2.24, 2.45) is 11.7 Å². The van der Waals surface area contributed by atoms with E-state index in [1.54, 1.807) is 6.92 Å². The maximum Gasteiger partial charge on any atom is 0.326 e. The molecule has 102 valence electrons. The Kier molecular flexibility index (Phi) is 4.52. The van der Waals surface area contributed by atoms with Crippen LogP contribution in [-0.4, -0.2) is 59.0 Å². The van der Waals surface area contributed by atoms with Crippen molar-refractivity contribution in [2.75, 3.05) is 20.1 Å². The van der Waals surface area contributed by atoms with Crippen LogP contribution in [0.2, 0.25) is 0 Å². The number of likely N-dealkylation sites (tertiary alicyclic amines) is 1. The highest BCUT2D eigenvalue weighted by Gasteiger charge is 2.34. The maximum atomic E-state index is 12.1. The summed E-state index contributed by atoms with van der Waals surface area (Å²) in [6, 6.07) is -1.21. The molecule has 1 heterocycles. The third-order valence-electron chi connectivity index (χ3n) is 3.30. The highest BCUT2D eigenvalue weighted by molar-refractivity contribution is 5.84. The average Bonchev–Trinajstić information content (AvgIpc) is 2.77. The highest BCUT2D eigenvalue weighted by atomic mass is 16.4. The van der Waals surface area contributed by atoms with Crippen molar-refractivity contribution < 1.29 is 19.5 Å². The summed E-state index contributed by atoms with van der Waals surface area (Å²) in [5, 5.41) is 8.99. The number of hydrogen-bond acceptors (Lipinski definition) is 3. The molecule has 7 heteroatoms. The lowest BCUT2D eigenvalue weighted by Gasteiger charge is -2.28. The van der Waals surface area contributed by atoms with Gasteiger partial charge in [0.2, 0.25) is 5.91 Å². The third kappa shape index (κ3) is 2.91. The molecule has 0 aromatic rings. The molecule has 0 aromatic heterocycles. The smallest absolute Gasteiger partial charge is 0.326 e. The summed E-state index contributed by atoms with van der Waals surface area (Å²) in [6.45, 7) is 2.42. The van der Waals surface area contributed by atoms with Gasteiger partial charge >= 0.3 is 12.0 Å². The van der Waals surface area contributed by atoms with Gasteiger partial charge in [-0.1, -0.05) is 6.92 Å². The lowest BCUT2D eigenvalue weighted by Crippen LogP contribution is -2.48. The number of amides is 3. The molecule has 0 bridgehead atoms. The molecule has 18 heavy (non-hydrogen) atoms. The predicted octanol–water partition coefficient (Wildman–Crippen LogP) is -0.291. The number of carbonyl (C=O) groups excluding carboxylic acids is 2. The summed E-state index contributed by atoms with van der Waals surface area (Å²) in [6.07, 6.45) is 0.878. The largest absolute Gasteiger partial charge is 0.480 e. The van der Waals surface area contributed by atoms with Gasteiger partial charge in [0, 0.05) is 20.1 Å². The first-order chi connectivity index (χ1) is 8.38. The molecule has 0 saturated carbocycles. The number of carbonyl (C=O) groups is 3. The number of carboxylic acid groups (broad SMARTS) is 1. The van der Waals surface area contributed by atoms with Gasteiger partial charge in [-0.2, -0.15) is 0 Å². The Labute approximate surface area is 106 Å². The Balaban J connectivity index is 2.65. The van der Waals surface area contributed by atoms with E-state index in [0.717, 1.165) is 0 Å². The quantitative estimate of drug-likeness (QED) is 0.722. The molecule has 1 aliphatic rings. The van der Waals surface area contributed by atoms with Gasteiger partial charge in [0.05, 0.1) is 5.92 Å². The Bertz CT molecular complexity index is 358. The second kappa shape index (κ2) is 5.70. The van der Waals surface area contributed by atoms with E-state index >= 15 is 0 Å². The summed E-state index contributed by atoms with van der Waals surface area (Å²) < 4.78 is 0. The van der Waals surface area contributed by atoms with Crippen LogP contribution in [0.1, 0.15) is 19.8 Å². The minimum atomic E-state index is -1.03. The maximum absolute atomic E-state index is 12.1. The Morgan fingerprint density at radius 2 is 2.11 bits per heavy atom. The zero-order chi connectivity index (χ0) is 13.9. The van der Waals surface area contributed by atoms with Crippen LogP contribution in [-0.2, 0) is 9.59 Å². The number of urea groups is 1. The number of likely N-dealkylation sites (N-methyl/N-ethyl adjacent to an activating group) is 1. The zero-order valence-corrected chi connectivity index (χ0v) is 10.6. The molecule has 1 aliphatic heterocycles. The molecule has 3 N–H and O–H groups in total. The predicted molar refractivity (Wildman–Crippen MR) is 63.7 cm³/mol. The fourth-order valence-corrected chi connectivity index (χ4v) is 2.14. The second-order valence-electron chi connectivity index (χ2n) is 4.49. The molecule has 2 unspecified atom stereocenters.